The van der Waals surface area contributed by atoms with E-state index >= 15 is 0 Å². The summed E-state index contributed by atoms with van der Waals surface area (Å²) in [5, 5.41) is 14.5. The van der Waals surface area contributed by atoms with Crippen LogP contribution < -0.4 is 0 Å². The van der Waals surface area contributed by atoms with Crippen LogP contribution in [0, 0.1) is 0 Å². The van der Waals surface area contributed by atoms with Gasteiger partial charge in [0.05, 0.1) is 36.2 Å². The molecule has 6 nitrogen and oxygen atoms in total. The van der Waals surface area contributed by atoms with Crippen LogP contribution >= 0.6 is 0 Å². The lowest BCUT2D eigenvalue weighted by Crippen LogP contribution is -2.24. The predicted octanol–water partition coefficient (Wildman–Crippen LogP) is 1.47. The first-order valence-corrected chi connectivity index (χ1v) is 9.29. The Hall–Kier alpha value is -1.57. The Kier molecular flexibility index (Phi) is 5.20. The van der Waals surface area contributed by atoms with Crippen molar-refractivity contribution in [1.82, 2.24) is 14.8 Å². The first-order chi connectivity index (χ1) is 11.1. The molecule has 0 unspecified atom stereocenters. The van der Waals surface area contributed by atoms with Crippen molar-refractivity contribution in [3.8, 4) is 0 Å². The van der Waals surface area contributed by atoms with E-state index < -0.39 is 16.9 Å². The van der Waals surface area contributed by atoms with Crippen molar-refractivity contribution >= 4 is 10.8 Å². The zero-order valence-electron chi connectivity index (χ0n) is 13.1. The van der Waals surface area contributed by atoms with E-state index in [2.05, 4.69) is 28.3 Å². The summed E-state index contributed by atoms with van der Waals surface area (Å²) in [5.74, 6) is 0. The van der Waals surface area contributed by atoms with Crippen LogP contribution in [0.4, 0.5) is 0 Å². The summed E-state index contributed by atoms with van der Waals surface area (Å²) in [4.78, 5) is 3.95. The number of benzene rings is 1. The molecular weight excluding hydrogens is 314 g/mol. The molecule has 1 aromatic carbocycles. The highest BCUT2D eigenvalue weighted by Crippen LogP contribution is 2.32. The Morgan fingerprint density at radius 3 is 3.09 bits per heavy atom. The Labute approximate surface area is 138 Å². The number of hydrogen-bond acceptors (Lipinski definition) is 5. The van der Waals surface area contributed by atoms with Crippen LogP contribution in [-0.4, -0.2) is 43.0 Å². The van der Waals surface area contributed by atoms with E-state index in [9.17, 15) is 9.32 Å². The van der Waals surface area contributed by atoms with Crippen molar-refractivity contribution in [2.45, 2.75) is 43.2 Å². The summed E-state index contributed by atoms with van der Waals surface area (Å²) in [6.45, 7) is 0.516. The van der Waals surface area contributed by atoms with Crippen molar-refractivity contribution in [2.24, 2.45) is 0 Å². The van der Waals surface area contributed by atoms with Gasteiger partial charge in [0.15, 0.2) is 0 Å². The molecule has 0 spiro atoms. The average molecular weight is 335 g/mol. The number of nitrogens with zero attached hydrogens (tertiary/aromatic N) is 3. The second-order valence-electron chi connectivity index (χ2n) is 5.77. The minimum atomic E-state index is -1.21. The standard InChI is InChI=1S/C16H21N3O3S/c1-23(21)16-17-11-19(18-16)9-13(20)10-22-15-8-4-6-12-5-2-3-7-14(12)15/h2-3,5,7,11,13,15,20H,4,6,8-10H2,1H3/t13-,15+,23-/m0/s1. The molecule has 3 rings (SSSR count). The zero-order chi connectivity index (χ0) is 16.2. The molecule has 0 radical (unpaired) electrons. The molecular formula is C16H21N3O3S. The third-order valence-electron chi connectivity index (χ3n) is 3.97. The third kappa shape index (κ3) is 4.04. The molecule has 0 amide bonds. The van der Waals surface area contributed by atoms with Gasteiger partial charge in [0.2, 0.25) is 5.16 Å². The lowest BCUT2D eigenvalue weighted by molar-refractivity contribution is -0.0236. The summed E-state index contributed by atoms with van der Waals surface area (Å²) in [6, 6.07) is 8.32. The second-order valence-corrected chi connectivity index (χ2v) is 7.04. The number of aliphatic hydroxyl groups excluding tert-OH is 1. The fraction of sp³-hybridized carbons (Fsp3) is 0.500. The maximum absolute atomic E-state index is 11.3. The smallest absolute Gasteiger partial charge is 0.238 e. The molecule has 124 valence electrons. The van der Waals surface area contributed by atoms with Crippen molar-refractivity contribution in [3.63, 3.8) is 0 Å². The summed E-state index contributed by atoms with van der Waals surface area (Å²) >= 11 is 0. The number of aliphatic hydroxyl groups is 1. The molecule has 1 heterocycles. The van der Waals surface area contributed by atoms with Gasteiger partial charge in [-0.1, -0.05) is 24.3 Å². The van der Waals surface area contributed by atoms with E-state index in [0.717, 1.165) is 19.3 Å². The Balaban J connectivity index is 1.55. The Morgan fingerprint density at radius 1 is 1.48 bits per heavy atom. The summed E-state index contributed by atoms with van der Waals surface area (Å²) in [6.07, 6.45) is 5.55. The van der Waals surface area contributed by atoms with E-state index in [1.165, 1.54) is 28.4 Å². The minimum Gasteiger partial charge on any atom is -0.389 e. The largest absolute Gasteiger partial charge is 0.389 e. The van der Waals surface area contributed by atoms with Gasteiger partial charge < -0.3 is 9.84 Å². The number of fused-ring (bicyclic) bond motifs is 1. The summed E-state index contributed by atoms with van der Waals surface area (Å²) in [5.41, 5.74) is 2.57. The van der Waals surface area contributed by atoms with Crippen LogP contribution in [0.15, 0.2) is 35.7 Å². The van der Waals surface area contributed by atoms with Gasteiger partial charge in [-0.15, -0.1) is 5.10 Å². The average Bonchev–Trinajstić information content (AvgIpc) is 3.01. The van der Waals surface area contributed by atoms with Gasteiger partial charge >= 0.3 is 0 Å². The first-order valence-electron chi connectivity index (χ1n) is 7.74. The monoisotopic (exact) mass is 335 g/mol. The SMILES string of the molecule is C[S@](=O)c1ncn(C[C@H](O)CO[C@@H]2CCCc3ccccc32)n1. The van der Waals surface area contributed by atoms with Crippen molar-refractivity contribution in [2.75, 3.05) is 12.9 Å². The van der Waals surface area contributed by atoms with Gasteiger partial charge in [-0.25, -0.2) is 9.67 Å². The molecule has 7 heteroatoms. The lowest BCUT2D eigenvalue weighted by Gasteiger charge is -2.26. The fourth-order valence-corrected chi connectivity index (χ4v) is 3.29. The molecule has 2 aromatic rings. The molecule has 1 aliphatic carbocycles. The molecule has 1 aliphatic rings. The highest BCUT2D eigenvalue weighted by atomic mass is 32.2. The number of ether oxygens (including phenoxy) is 1. The molecule has 0 fully saturated rings. The predicted molar refractivity (Wildman–Crippen MR) is 86.4 cm³/mol. The second kappa shape index (κ2) is 7.33. The highest BCUT2D eigenvalue weighted by molar-refractivity contribution is 7.84. The minimum absolute atomic E-state index is 0.0454. The Bertz CT molecular complexity index is 689. The summed E-state index contributed by atoms with van der Waals surface area (Å²) < 4.78 is 18.7. The summed E-state index contributed by atoms with van der Waals surface area (Å²) in [7, 11) is -1.21. The number of aryl methyl sites for hydroxylation is 1. The van der Waals surface area contributed by atoms with Gasteiger partial charge in [0.1, 0.15) is 6.33 Å². The van der Waals surface area contributed by atoms with Crippen LogP contribution in [-0.2, 0) is 28.5 Å². The lowest BCUT2D eigenvalue weighted by atomic mass is 9.89. The van der Waals surface area contributed by atoms with E-state index in [1.807, 2.05) is 6.07 Å². The van der Waals surface area contributed by atoms with E-state index in [-0.39, 0.29) is 24.4 Å². The normalized spacial score (nSPS) is 20.0. The molecule has 1 N–H and O–H groups in total. The number of rotatable bonds is 6. The molecule has 3 atom stereocenters. The van der Waals surface area contributed by atoms with Crippen LogP contribution in [0.2, 0.25) is 0 Å². The van der Waals surface area contributed by atoms with Gasteiger partial charge in [-0.3, -0.25) is 4.21 Å². The zero-order valence-corrected chi connectivity index (χ0v) is 13.9. The van der Waals surface area contributed by atoms with Crippen molar-refractivity contribution in [3.05, 3.63) is 41.7 Å². The van der Waals surface area contributed by atoms with E-state index in [4.69, 9.17) is 4.74 Å². The van der Waals surface area contributed by atoms with E-state index in [0.29, 0.717) is 0 Å². The van der Waals surface area contributed by atoms with Gasteiger partial charge in [0, 0.05) is 6.26 Å². The topological polar surface area (TPSA) is 77.2 Å². The molecule has 0 aliphatic heterocycles. The molecule has 0 bridgehead atoms. The maximum atomic E-state index is 11.3. The van der Waals surface area contributed by atoms with Crippen LogP contribution in [0.1, 0.15) is 30.1 Å². The van der Waals surface area contributed by atoms with Gasteiger partial charge in [0.25, 0.3) is 0 Å². The van der Waals surface area contributed by atoms with Crippen LogP contribution in [0.25, 0.3) is 0 Å². The van der Waals surface area contributed by atoms with Crippen LogP contribution in [0.5, 0.6) is 0 Å². The third-order valence-corrected chi connectivity index (χ3v) is 4.68. The van der Waals surface area contributed by atoms with Gasteiger partial charge in [-0.05, 0) is 30.4 Å². The first kappa shape index (κ1) is 16.3. The van der Waals surface area contributed by atoms with Gasteiger partial charge in [-0.2, -0.15) is 0 Å². The Morgan fingerprint density at radius 2 is 2.30 bits per heavy atom. The molecule has 23 heavy (non-hydrogen) atoms. The van der Waals surface area contributed by atoms with Crippen LogP contribution in [0.3, 0.4) is 0 Å². The maximum Gasteiger partial charge on any atom is 0.238 e. The van der Waals surface area contributed by atoms with E-state index in [1.54, 1.807) is 0 Å². The highest BCUT2D eigenvalue weighted by Gasteiger charge is 2.21. The van der Waals surface area contributed by atoms with Crippen molar-refractivity contribution < 1.29 is 14.1 Å². The van der Waals surface area contributed by atoms with Crippen molar-refractivity contribution in [1.29, 1.82) is 0 Å². The molecule has 0 saturated carbocycles. The number of aromatic nitrogens is 3. The number of hydrogen-bond donors (Lipinski definition) is 1. The molecule has 1 aromatic heterocycles. The fourth-order valence-electron chi connectivity index (χ4n) is 2.88. The molecule has 0 saturated heterocycles. The quantitative estimate of drug-likeness (QED) is 0.865.